The Balaban J connectivity index is 2.08. The van der Waals surface area contributed by atoms with Crippen LogP contribution < -0.4 is 16.0 Å². The Bertz CT molecular complexity index is 750. The largest absolute Gasteiger partial charge is 0.338 e. The van der Waals surface area contributed by atoms with Gasteiger partial charge in [0.05, 0.1) is 0 Å². The number of carbonyl (C=O) groups is 2. The molecule has 1 heterocycles. The summed E-state index contributed by atoms with van der Waals surface area (Å²) in [7, 11) is 0. The molecule has 0 radical (unpaired) electrons. The van der Waals surface area contributed by atoms with Gasteiger partial charge < -0.3 is 10.6 Å². The normalized spacial score (nSPS) is 12.9. The maximum absolute atomic E-state index is 13.0. The minimum absolute atomic E-state index is 0.0536. The first-order valence-corrected chi connectivity index (χ1v) is 9.20. The Morgan fingerprint density at radius 3 is 2.50 bits per heavy atom. The SMILES string of the molecule is CCNC(=O)N[C@H](C(=O)Nc1nnc(-c2ccc(F)cc2)s1)[C@@H](C)CC. The summed E-state index contributed by atoms with van der Waals surface area (Å²) in [6.07, 6.45) is 0.724. The van der Waals surface area contributed by atoms with Crippen molar-refractivity contribution in [3.63, 3.8) is 0 Å². The van der Waals surface area contributed by atoms with Crippen molar-refractivity contribution in [2.24, 2.45) is 5.92 Å². The Morgan fingerprint density at radius 2 is 1.88 bits per heavy atom. The fourth-order valence-electron chi connectivity index (χ4n) is 2.22. The van der Waals surface area contributed by atoms with E-state index >= 15 is 0 Å². The average molecular weight is 379 g/mol. The fourth-order valence-corrected chi connectivity index (χ4v) is 2.97. The van der Waals surface area contributed by atoms with E-state index in [-0.39, 0.29) is 17.6 Å². The van der Waals surface area contributed by atoms with Gasteiger partial charge >= 0.3 is 6.03 Å². The van der Waals surface area contributed by atoms with Crippen molar-refractivity contribution < 1.29 is 14.0 Å². The van der Waals surface area contributed by atoms with Crippen LogP contribution in [0.2, 0.25) is 0 Å². The van der Waals surface area contributed by atoms with Crippen molar-refractivity contribution in [1.29, 1.82) is 0 Å². The molecule has 0 saturated heterocycles. The third kappa shape index (κ3) is 5.22. The summed E-state index contributed by atoms with van der Waals surface area (Å²) in [4.78, 5) is 24.4. The number of nitrogens with zero attached hydrogens (tertiary/aromatic N) is 2. The number of hydrogen-bond donors (Lipinski definition) is 3. The lowest BCUT2D eigenvalue weighted by atomic mass is 9.98. The molecule has 9 heteroatoms. The van der Waals surface area contributed by atoms with Crippen LogP contribution in [0.25, 0.3) is 10.6 Å². The van der Waals surface area contributed by atoms with Crippen LogP contribution in [0.4, 0.5) is 14.3 Å². The third-order valence-electron chi connectivity index (χ3n) is 3.87. The summed E-state index contributed by atoms with van der Waals surface area (Å²) in [6.45, 7) is 6.11. The van der Waals surface area contributed by atoms with Crippen LogP contribution in [0.3, 0.4) is 0 Å². The molecule has 0 unspecified atom stereocenters. The van der Waals surface area contributed by atoms with E-state index < -0.39 is 12.1 Å². The summed E-state index contributed by atoms with van der Waals surface area (Å²) < 4.78 is 13.0. The Morgan fingerprint density at radius 1 is 1.19 bits per heavy atom. The van der Waals surface area contributed by atoms with E-state index in [1.165, 1.54) is 23.5 Å². The van der Waals surface area contributed by atoms with Crippen LogP contribution >= 0.6 is 11.3 Å². The summed E-state index contributed by atoms with van der Waals surface area (Å²) in [6, 6.07) is 4.79. The van der Waals surface area contributed by atoms with Gasteiger partial charge in [-0.1, -0.05) is 31.6 Å². The maximum atomic E-state index is 13.0. The van der Waals surface area contributed by atoms with E-state index in [4.69, 9.17) is 0 Å². The lowest BCUT2D eigenvalue weighted by Gasteiger charge is -2.22. The van der Waals surface area contributed by atoms with E-state index in [0.29, 0.717) is 22.2 Å². The van der Waals surface area contributed by atoms with Gasteiger partial charge in [-0.3, -0.25) is 10.1 Å². The molecule has 0 spiro atoms. The van der Waals surface area contributed by atoms with E-state index in [0.717, 1.165) is 6.42 Å². The van der Waals surface area contributed by atoms with E-state index in [1.807, 2.05) is 13.8 Å². The zero-order chi connectivity index (χ0) is 19.1. The van der Waals surface area contributed by atoms with Gasteiger partial charge in [0.15, 0.2) is 0 Å². The van der Waals surface area contributed by atoms with Crippen LogP contribution in [-0.2, 0) is 4.79 Å². The molecule has 0 bridgehead atoms. The highest BCUT2D eigenvalue weighted by atomic mass is 32.1. The summed E-state index contributed by atoms with van der Waals surface area (Å²) >= 11 is 1.18. The highest BCUT2D eigenvalue weighted by Gasteiger charge is 2.26. The smallest absolute Gasteiger partial charge is 0.315 e. The Hall–Kier alpha value is -2.55. The molecule has 3 amide bonds. The van der Waals surface area contributed by atoms with E-state index in [2.05, 4.69) is 26.1 Å². The molecule has 0 aliphatic rings. The summed E-state index contributed by atoms with van der Waals surface area (Å²) in [5.41, 5.74) is 0.711. The van der Waals surface area contributed by atoms with Gasteiger partial charge in [0.1, 0.15) is 16.9 Å². The number of hydrogen-bond acceptors (Lipinski definition) is 5. The predicted molar refractivity (Wildman–Crippen MR) is 99.4 cm³/mol. The van der Waals surface area contributed by atoms with Gasteiger partial charge in [-0.05, 0) is 37.1 Å². The Labute approximate surface area is 155 Å². The molecule has 0 aliphatic carbocycles. The van der Waals surface area contributed by atoms with Crippen LogP contribution in [0.5, 0.6) is 0 Å². The molecule has 3 N–H and O–H groups in total. The molecule has 7 nitrogen and oxygen atoms in total. The molecule has 2 rings (SSSR count). The third-order valence-corrected chi connectivity index (χ3v) is 4.75. The number of carbonyl (C=O) groups excluding carboxylic acids is 2. The number of anilines is 1. The minimum Gasteiger partial charge on any atom is -0.338 e. The van der Waals surface area contributed by atoms with Crippen molar-refractivity contribution in [3.8, 4) is 10.6 Å². The van der Waals surface area contributed by atoms with Crippen molar-refractivity contribution in [1.82, 2.24) is 20.8 Å². The van der Waals surface area contributed by atoms with Crippen molar-refractivity contribution in [3.05, 3.63) is 30.1 Å². The number of benzene rings is 1. The molecular formula is C17H22FN5O2S. The molecule has 2 aromatic rings. The van der Waals surface area contributed by atoms with Gasteiger partial charge in [-0.15, -0.1) is 10.2 Å². The molecule has 2 atom stereocenters. The highest BCUT2D eigenvalue weighted by Crippen LogP contribution is 2.26. The highest BCUT2D eigenvalue weighted by molar-refractivity contribution is 7.18. The summed E-state index contributed by atoms with van der Waals surface area (Å²) in [5.74, 6) is -0.742. The average Bonchev–Trinajstić information content (AvgIpc) is 3.08. The van der Waals surface area contributed by atoms with Gasteiger partial charge in [-0.2, -0.15) is 0 Å². The molecule has 1 aromatic heterocycles. The van der Waals surface area contributed by atoms with Crippen molar-refractivity contribution in [2.45, 2.75) is 33.2 Å². The van der Waals surface area contributed by atoms with E-state index in [9.17, 15) is 14.0 Å². The zero-order valence-electron chi connectivity index (χ0n) is 14.9. The lowest BCUT2D eigenvalue weighted by molar-refractivity contribution is -0.119. The van der Waals surface area contributed by atoms with Crippen LogP contribution in [-0.4, -0.2) is 34.7 Å². The quantitative estimate of drug-likeness (QED) is 0.689. The van der Waals surface area contributed by atoms with E-state index in [1.54, 1.807) is 19.1 Å². The molecule has 0 aliphatic heterocycles. The molecular weight excluding hydrogens is 357 g/mol. The number of rotatable bonds is 7. The molecule has 26 heavy (non-hydrogen) atoms. The van der Waals surface area contributed by atoms with Gasteiger partial charge in [0, 0.05) is 12.1 Å². The second kappa shape index (κ2) is 9.23. The van der Waals surface area contributed by atoms with Crippen LogP contribution in [0.1, 0.15) is 27.2 Å². The predicted octanol–water partition coefficient (Wildman–Crippen LogP) is 3.02. The number of amides is 3. The Kier molecular flexibility index (Phi) is 7.02. The van der Waals surface area contributed by atoms with Gasteiger partial charge in [0.25, 0.3) is 0 Å². The zero-order valence-corrected chi connectivity index (χ0v) is 15.7. The molecule has 1 aromatic carbocycles. The van der Waals surface area contributed by atoms with Gasteiger partial charge in [0.2, 0.25) is 11.0 Å². The number of nitrogens with one attached hydrogen (secondary N) is 3. The molecule has 0 fully saturated rings. The number of halogens is 1. The first-order chi connectivity index (χ1) is 12.4. The van der Waals surface area contributed by atoms with Crippen molar-refractivity contribution >= 4 is 28.4 Å². The number of aromatic nitrogens is 2. The monoisotopic (exact) mass is 379 g/mol. The topological polar surface area (TPSA) is 96.0 Å². The fraction of sp³-hybridized carbons (Fsp3) is 0.412. The second-order valence-electron chi connectivity index (χ2n) is 5.78. The van der Waals surface area contributed by atoms with Crippen LogP contribution in [0, 0.1) is 11.7 Å². The second-order valence-corrected chi connectivity index (χ2v) is 6.75. The maximum Gasteiger partial charge on any atom is 0.315 e. The first-order valence-electron chi connectivity index (χ1n) is 8.39. The van der Waals surface area contributed by atoms with Gasteiger partial charge in [-0.25, -0.2) is 9.18 Å². The molecule has 140 valence electrons. The minimum atomic E-state index is -0.690. The lowest BCUT2D eigenvalue weighted by Crippen LogP contribution is -2.51. The van der Waals surface area contributed by atoms with Crippen molar-refractivity contribution in [2.75, 3.05) is 11.9 Å². The van der Waals surface area contributed by atoms with Crippen LogP contribution in [0.15, 0.2) is 24.3 Å². The molecule has 0 saturated carbocycles. The first kappa shape index (κ1) is 19.8. The number of urea groups is 1. The standard InChI is InChI=1S/C17H22FN5O2S/c1-4-10(3)13(20-16(25)19-5-2)14(24)21-17-23-22-15(26-17)11-6-8-12(18)9-7-11/h6-10,13H,4-5H2,1-3H3,(H2,19,20,25)(H,21,23,24)/t10-,13-/m0/s1. The summed E-state index contributed by atoms with van der Waals surface area (Å²) in [5, 5.41) is 16.9.